The second-order valence-corrected chi connectivity index (χ2v) is 9.35. The van der Waals surface area contributed by atoms with Crippen LogP contribution in [0, 0.1) is 12.1 Å². The lowest BCUT2D eigenvalue weighted by Crippen LogP contribution is -2.33. The van der Waals surface area contributed by atoms with Gasteiger partial charge in [-0.05, 0) is 56.4 Å². The first-order valence-electron chi connectivity index (χ1n) is 11.9. The average Bonchev–Trinajstić information content (AvgIpc) is 3.61. The topological polar surface area (TPSA) is 112 Å². The van der Waals surface area contributed by atoms with Crippen LogP contribution in [0.3, 0.4) is 0 Å². The van der Waals surface area contributed by atoms with Crippen LogP contribution in [0.2, 0.25) is 0 Å². The SMILES string of the molecule is Cc1noc(-c2ccc(-c3ccc(C4(C(=O)O)CC4)cc3)cc2)c1Nc1cccc(OC(C)C)[n+]1[O-]. The Kier molecular flexibility index (Phi) is 5.88. The maximum absolute atomic E-state index is 12.8. The van der Waals surface area contributed by atoms with Crippen molar-refractivity contribution in [2.24, 2.45) is 0 Å². The Morgan fingerprint density at radius 2 is 1.67 bits per heavy atom. The zero-order valence-electron chi connectivity index (χ0n) is 20.3. The van der Waals surface area contributed by atoms with Gasteiger partial charge in [-0.15, -0.1) is 0 Å². The van der Waals surface area contributed by atoms with Crippen LogP contribution in [0.1, 0.15) is 37.9 Å². The minimum atomic E-state index is -0.756. The second kappa shape index (κ2) is 9.03. The molecule has 0 saturated heterocycles. The third-order valence-electron chi connectivity index (χ3n) is 6.46. The number of hydrogen-bond acceptors (Lipinski definition) is 6. The highest BCUT2D eigenvalue weighted by Crippen LogP contribution is 2.48. The van der Waals surface area contributed by atoms with Crippen molar-refractivity contribution in [2.45, 2.75) is 45.1 Å². The molecule has 0 amide bonds. The molecule has 4 aromatic rings. The molecule has 2 heterocycles. The Balaban J connectivity index is 1.39. The fraction of sp³-hybridized carbons (Fsp3) is 0.250. The van der Waals surface area contributed by atoms with Gasteiger partial charge in [-0.3, -0.25) is 4.79 Å². The molecule has 1 saturated carbocycles. The zero-order chi connectivity index (χ0) is 25.4. The smallest absolute Gasteiger partial charge is 0.314 e. The lowest BCUT2D eigenvalue weighted by atomic mass is 9.93. The first-order valence-corrected chi connectivity index (χ1v) is 11.9. The third kappa shape index (κ3) is 4.26. The molecule has 0 atom stereocenters. The van der Waals surface area contributed by atoms with Crippen molar-refractivity contribution >= 4 is 17.5 Å². The number of carboxylic acids is 1. The van der Waals surface area contributed by atoms with Crippen molar-refractivity contribution in [1.29, 1.82) is 0 Å². The van der Waals surface area contributed by atoms with E-state index < -0.39 is 11.4 Å². The summed E-state index contributed by atoms with van der Waals surface area (Å²) in [4.78, 5) is 11.6. The number of aryl methyl sites for hydroxylation is 1. The third-order valence-corrected chi connectivity index (χ3v) is 6.46. The van der Waals surface area contributed by atoms with Gasteiger partial charge in [-0.2, -0.15) is 4.73 Å². The highest BCUT2D eigenvalue weighted by molar-refractivity contribution is 5.85. The summed E-state index contributed by atoms with van der Waals surface area (Å²) in [5.74, 6) is 0.263. The Labute approximate surface area is 208 Å². The van der Waals surface area contributed by atoms with Crippen LogP contribution in [-0.2, 0) is 10.2 Å². The van der Waals surface area contributed by atoms with Crippen LogP contribution in [-0.4, -0.2) is 22.3 Å². The van der Waals surface area contributed by atoms with Gasteiger partial charge in [0.2, 0.25) is 5.76 Å². The van der Waals surface area contributed by atoms with E-state index >= 15 is 0 Å². The van der Waals surface area contributed by atoms with E-state index in [9.17, 15) is 15.1 Å². The molecule has 0 radical (unpaired) electrons. The lowest BCUT2D eigenvalue weighted by Gasteiger charge is -2.15. The predicted molar refractivity (Wildman–Crippen MR) is 135 cm³/mol. The van der Waals surface area contributed by atoms with Gasteiger partial charge >= 0.3 is 5.97 Å². The minimum Gasteiger partial charge on any atom is -0.708 e. The maximum atomic E-state index is 12.8. The zero-order valence-corrected chi connectivity index (χ0v) is 20.3. The van der Waals surface area contributed by atoms with Crippen LogP contribution in [0.15, 0.2) is 71.3 Å². The van der Waals surface area contributed by atoms with E-state index in [1.54, 1.807) is 25.1 Å². The molecule has 184 valence electrons. The Morgan fingerprint density at radius 1 is 1.06 bits per heavy atom. The van der Waals surface area contributed by atoms with E-state index in [1.165, 1.54) is 0 Å². The fourth-order valence-electron chi connectivity index (χ4n) is 4.29. The van der Waals surface area contributed by atoms with Crippen LogP contribution in [0.4, 0.5) is 11.5 Å². The van der Waals surface area contributed by atoms with Crippen LogP contribution in [0.5, 0.6) is 5.88 Å². The molecule has 5 rings (SSSR count). The van der Waals surface area contributed by atoms with Gasteiger partial charge in [0.05, 0.1) is 11.5 Å². The molecule has 0 spiro atoms. The monoisotopic (exact) mass is 485 g/mol. The number of rotatable bonds is 8. The molecule has 1 aliphatic carbocycles. The summed E-state index contributed by atoms with van der Waals surface area (Å²) in [5, 5.41) is 29.5. The quantitative estimate of drug-likeness (QED) is 0.247. The Hall–Kier alpha value is -4.33. The largest absolute Gasteiger partial charge is 0.708 e. The fourth-order valence-corrected chi connectivity index (χ4v) is 4.29. The molecular formula is C28H27N3O5. The summed E-state index contributed by atoms with van der Waals surface area (Å²) in [7, 11) is 0. The highest BCUT2D eigenvalue weighted by atomic mass is 16.6. The first kappa shape index (κ1) is 23.4. The molecule has 2 aromatic carbocycles. The van der Waals surface area contributed by atoms with E-state index in [0.717, 1.165) is 22.3 Å². The van der Waals surface area contributed by atoms with Crippen molar-refractivity contribution in [3.8, 4) is 28.3 Å². The summed E-state index contributed by atoms with van der Waals surface area (Å²) < 4.78 is 11.9. The molecule has 0 bridgehead atoms. The summed E-state index contributed by atoms with van der Waals surface area (Å²) in [5.41, 5.74) is 4.14. The first-order chi connectivity index (χ1) is 17.3. The molecule has 0 aliphatic heterocycles. The number of hydrogen-bond donors (Lipinski definition) is 2. The Bertz CT molecular complexity index is 1400. The predicted octanol–water partition coefficient (Wildman–Crippen LogP) is 5.60. The van der Waals surface area contributed by atoms with Gasteiger partial charge in [-0.1, -0.05) is 53.7 Å². The molecule has 0 unspecified atom stereocenters. The number of aromatic nitrogens is 2. The Morgan fingerprint density at radius 3 is 2.25 bits per heavy atom. The van der Waals surface area contributed by atoms with Crippen molar-refractivity contribution in [1.82, 2.24) is 5.16 Å². The standard InChI is InChI=1S/C28H27N3O5/c1-17(2)35-24-6-4-5-23(31(24)34)29-25-18(3)30-36-26(25)21-9-7-19(8-10-21)20-11-13-22(14-12-20)28(15-16-28)27(32)33/h4-14,17,29H,15-16H2,1-3H3,(H,32,33). The number of benzene rings is 2. The molecule has 1 aliphatic rings. The number of aliphatic carboxylic acids is 1. The number of ether oxygens (including phenoxy) is 1. The van der Waals surface area contributed by atoms with Gasteiger partial charge in [0.25, 0.3) is 11.7 Å². The van der Waals surface area contributed by atoms with Crippen LogP contribution >= 0.6 is 0 Å². The number of nitrogens with zero attached hydrogens (tertiary/aromatic N) is 2. The molecule has 1 fully saturated rings. The van der Waals surface area contributed by atoms with Crippen LogP contribution < -0.4 is 14.8 Å². The van der Waals surface area contributed by atoms with E-state index in [2.05, 4.69) is 10.5 Å². The van der Waals surface area contributed by atoms with Crippen molar-refractivity contribution in [3.05, 3.63) is 83.2 Å². The minimum absolute atomic E-state index is 0.130. The number of pyridine rings is 1. The number of nitrogens with one attached hydrogen (secondary N) is 1. The van der Waals surface area contributed by atoms with Gasteiger partial charge in [-0.25, -0.2) is 5.32 Å². The van der Waals surface area contributed by atoms with Crippen molar-refractivity contribution in [2.75, 3.05) is 5.32 Å². The lowest BCUT2D eigenvalue weighted by molar-refractivity contribution is -0.598. The van der Waals surface area contributed by atoms with E-state index in [4.69, 9.17) is 9.26 Å². The van der Waals surface area contributed by atoms with Crippen molar-refractivity contribution < 1.29 is 23.9 Å². The number of carboxylic acid groups (broad SMARTS) is 1. The number of anilines is 2. The summed E-state index contributed by atoms with van der Waals surface area (Å²) >= 11 is 0. The molecule has 8 heteroatoms. The molecule has 2 aromatic heterocycles. The number of carbonyl (C=O) groups is 1. The van der Waals surface area contributed by atoms with Gasteiger partial charge in [0.15, 0.2) is 5.69 Å². The maximum Gasteiger partial charge on any atom is 0.314 e. The van der Waals surface area contributed by atoms with E-state index in [1.807, 2.05) is 62.4 Å². The van der Waals surface area contributed by atoms with Crippen molar-refractivity contribution in [3.63, 3.8) is 0 Å². The summed E-state index contributed by atoms with van der Waals surface area (Å²) in [6.45, 7) is 5.53. The van der Waals surface area contributed by atoms with Gasteiger partial charge in [0, 0.05) is 17.7 Å². The summed E-state index contributed by atoms with van der Waals surface area (Å²) in [6.07, 6.45) is 1.24. The average molecular weight is 486 g/mol. The molecule has 36 heavy (non-hydrogen) atoms. The normalized spacial score (nSPS) is 14.0. The van der Waals surface area contributed by atoms with Crippen LogP contribution in [0.25, 0.3) is 22.5 Å². The molecule has 8 nitrogen and oxygen atoms in total. The molecule has 2 N–H and O–H groups in total. The van der Waals surface area contributed by atoms with Gasteiger partial charge in [0.1, 0.15) is 5.69 Å². The summed E-state index contributed by atoms with van der Waals surface area (Å²) in [6, 6.07) is 20.6. The molecular weight excluding hydrogens is 458 g/mol. The van der Waals surface area contributed by atoms with E-state index in [0.29, 0.717) is 40.5 Å². The van der Waals surface area contributed by atoms with E-state index in [-0.39, 0.29) is 12.0 Å². The second-order valence-electron chi connectivity index (χ2n) is 9.35. The highest BCUT2D eigenvalue weighted by Gasteiger charge is 2.51. The van der Waals surface area contributed by atoms with Gasteiger partial charge < -0.3 is 19.6 Å².